The summed E-state index contributed by atoms with van der Waals surface area (Å²) in [5.41, 5.74) is 3.89. The van der Waals surface area contributed by atoms with E-state index in [0.717, 1.165) is 6.20 Å². The normalized spacial score (nSPS) is 10.5. The molecule has 0 aliphatic carbocycles. The fourth-order valence-electron chi connectivity index (χ4n) is 1.44. The van der Waals surface area contributed by atoms with Gasteiger partial charge in [0.1, 0.15) is 16.4 Å². The summed E-state index contributed by atoms with van der Waals surface area (Å²) in [5.74, 6) is -10.8. The van der Waals surface area contributed by atoms with Crippen molar-refractivity contribution in [3.63, 3.8) is 0 Å². The number of hydrogen-bond acceptors (Lipinski definition) is 4. The zero-order valence-electron chi connectivity index (χ0n) is 9.92. The highest BCUT2D eigenvalue weighted by atomic mass is 32.1. The number of benzene rings is 1. The van der Waals surface area contributed by atoms with E-state index in [2.05, 4.69) is 22.2 Å². The summed E-state index contributed by atoms with van der Waals surface area (Å²) in [7, 11) is 0. The lowest BCUT2D eigenvalue weighted by Gasteiger charge is -2.12. The number of hydrogen-bond donors (Lipinski definition) is 2. The van der Waals surface area contributed by atoms with Crippen molar-refractivity contribution in [3.05, 3.63) is 47.2 Å². The van der Waals surface area contributed by atoms with Crippen molar-refractivity contribution >= 4 is 28.7 Å². The van der Waals surface area contributed by atoms with E-state index < -0.39 is 34.8 Å². The summed E-state index contributed by atoms with van der Waals surface area (Å²) in [5, 5.41) is 1.96. The average molecular weight is 320 g/mol. The Hall–Kier alpha value is -2.36. The summed E-state index contributed by atoms with van der Waals surface area (Å²) in [6, 6.07) is 0. The molecule has 0 saturated carbocycles. The van der Waals surface area contributed by atoms with Crippen molar-refractivity contribution < 1.29 is 22.0 Å². The van der Waals surface area contributed by atoms with Gasteiger partial charge in [-0.2, -0.15) is 0 Å². The van der Waals surface area contributed by atoms with Gasteiger partial charge >= 0.3 is 0 Å². The molecule has 3 N–H and O–H groups in total. The van der Waals surface area contributed by atoms with Crippen LogP contribution in [0.5, 0.6) is 0 Å². The first kappa shape index (κ1) is 15.0. The third-order valence-electron chi connectivity index (χ3n) is 2.38. The van der Waals surface area contributed by atoms with Gasteiger partial charge in [-0.1, -0.05) is 12.2 Å². The number of aromatic nitrogens is 2. The Bertz CT molecular complexity index is 708. The minimum Gasteiger partial charge on any atom is -0.388 e. The molecule has 0 saturated heterocycles. The molecule has 0 unspecified atom stereocenters. The monoisotopic (exact) mass is 320 g/mol. The number of nitrogens with one attached hydrogen (secondary N) is 1. The number of anilines is 2. The summed E-state index contributed by atoms with van der Waals surface area (Å²) in [6.07, 6.45) is 2.31. The van der Waals surface area contributed by atoms with Gasteiger partial charge < -0.3 is 11.1 Å². The van der Waals surface area contributed by atoms with E-state index in [0.29, 0.717) is 0 Å². The number of thiocarbonyl (C=S) groups is 1. The molecule has 2 aromatic rings. The molecule has 0 atom stereocenters. The quantitative estimate of drug-likeness (QED) is 0.394. The summed E-state index contributed by atoms with van der Waals surface area (Å²) in [4.78, 5) is 7.08. The fraction of sp³-hybridized carbons (Fsp3) is 0. The van der Waals surface area contributed by atoms with Crippen LogP contribution in [0.4, 0.5) is 33.5 Å². The van der Waals surface area contributed by atoms with Crippen LogP contribution in [-0.2, 0) is 0 Å². The number of nitrogens with zero attached hydrogens (tertiary/aromatic N) is 2. The highest BCUT2D eigenvalue weighted by Crippen LogP contribution is 2.29. The largest absolute Gasteiger partial charge is 0.388 e. The van der Waals surface area contributed by atoms with Crippen LogP contribution in [0.1, 0.15) is 5.69 Å². The van der Waals surface area contributed by atoms with Crippen molar-refractivity contribution in [1.29, 1.82) is 0 Å². The summed E-state index contributed by atoms with van der Waals surface area (Å²) < 4.78 is 66.1. The Labute approximate surface area is 119 Å². The Balaban J connectivity index is 2.58. The summed E-state index contributed by atoms with van der Waals surface area (Å²) >= 11 is 4.64. The topological polar surface area (TPSA) is 63.8 Å². The van der Waals surface area contributed by atoms with E-state index in [9.17, 15) is 22.0 Å². The van der Waals surface area contributed by atoms with E-state index in [-0.39, 0.29) is 16.5 Å². The highest BCUT2D eigenvalue weighted by molar-refractivity contribution is 7.80. The Morgan fingerprint density at radius 1 is 0.905 bits per heavy atom. The molecule has 21 heavy (non-hydrogen) atoms. The molecule has 10 heteroatoms. The third-order valence-corrected chi connectivity index (χ3v) is 2.58. The minimum atomic E-state index is -2.26. The SMILES string of the molecule is NC(=S)c1nccnc1Nc1c(F)c(F)c(F)c(F)c1F. The second-order valence-electron chi connectivity index (χ2n) is 3.69. The first-order chi connectivity index (χ1) is 9.84. The van der Waals surface area contributed by atoms with Gasteiger partial charge in [0, 0.05) is 12.4 Å². The summed E-state index contributed by atoms with van der Waals surface area (Å²) in [6.45, 7) is 0. The fourth-order valence-corrected chi connectivity index (χ4v) is 1.59. The predicted molar refractivity (Wildman–Crippen MR) is 67.4 cm³/mol. The smallest absolute Gasteiger partial charge is 0.200 e. The second kappa shape index (κ2) is 5.56. The maximum absolute atomic E-state index is 13.5. The Morgan fingerprint density at radius 2 is 1.38 bits per heavy atom. The predicted octanol–water partition coefficient (Wildman–Crippen LogP) is 2.55. The zero-order valence-corrected chi connectivity index (χ0v) is 10.7. The van der Waals surface area contributed by atoms with Crippen molar-refractivity contribution in [2.75, 3.05) is 5.32 Å². The molecule has 1 heterocycles. The van der Waals surface area contributed by atoms with Crippen molar-refractivity contribution in [3.8, 4) is 0 Å². The van der Waals surface area contributed by atoms with Crippen LogP contribution in [0, 0.1) is 29.1 Å². The van der Waals surface area contributed by atoms with Crippen LogP contribution in [0.3, 0.4) is 0 Å². The molecule has 0 bridgehead atoms. The van der Waals surface area contributed by atoms with Gasteiger partial charge in [-0.05, 0) is 0 Å². The maximum atomic E-state index is 13.5. The zero-order chi connectivity index (χ0) is 15.7. The van der Waals surface area contributed by atoms with Crippen LogP contribution in [0.15, 0.2) is 12.4 Å². The van der Waals surface area contributed by atoms with E-state index in [4.69, 9.17) is 5.73 Å². The standard InChI is InChI=1S/C11H5F5N4S/c12-3-4(13)6(15)8(7(16)5(3)14)20-11-9(10(17)21)18-1-2-19-11/h1-2H,(H2,17,21)(H,19,20). The minimum absolute atomic E-state index is 0.156. The molecule has 0 spiro atoms. The van der Waals surface area contributed by atoms with E-state index >= 15 is 0 Å². The van der Waals surface area contributed by atoms with Gasteiger partial charge in [-0.25, -0.2) is 31.9 Å². The lowest BCUT2D eigenvalue weighted by molar-refractivity contribution is 0.382. The van der Waals surface area contributed by atoms with Gasteiger partial charge in [0.05, 0.1) is 0 Å². The lowest BCUT2D eigenvalue weighted by atomic mass is 10.2. The Morgan fingerprint density at radius 3 is 1.90 bits per heavy atom. The molecule has 110 valence electrons. The number of halogens is 5. The molecule has 1 aromatic heterocycles. The molecule has 0 fully saturated rings. The van der Waals surface area contributed by atoms with Gasteiger partial charge in [0.15, 0.2) is 29.1 Å². The van der Waals surface area contributed by atoms with Gasteiger partial charge in [-0.3, -0.25) is 0 Å². The molecular weight excluding hydrogens is 315 g/mol. The molecule has 0 radical (unpaired) electrons. The number of rotatable bonds is 3. The maximum Gasteiger partial charge on any atom is 0.200 e. The Kier molecular flexibility index (Phi) is 3.98. The molecular formula is C11H5F5N4S. The van der Waals surface area contributed by atoms with Crippen molar-refractivity contribution in [2.24, 2.45) is 5.73 Å². The van der Waals surface area contributed by atoms with Gasteiger partial charge in [-0.15, -0.1) is 0 Å². The second-order valence-corrected chi connectivity index (χ2v) is 4.13. The van der Waals surface area contributed by atoms with Crippen molar-refractivity contribution in [2.45, 2.75) is 0 Å². The molecule has 0 amide bonds. The lowest BCUT2D eigenvalue weighted by Crippen LogP contribution is -2.16. The molecule has 1 aromatic carbocycles. The molecule has 4 nitrogen and oxygen atoms in total. The van der Waals surface area contributed by atoms with E-state index in [1.165, 1.54) is 6.20 Å². The van der Waals surface area contributed by atoms with Crippen LogP contribution in [0.25, 0.3) is 0 Å². The molecule has 0 aliphatic heterocycles. The van der Waals surface area contributed by atoms with E-state index in [1.807, 2.05) is 5.32 Å². The molecule has 2 rings (SSSR count). The number of nitrogens with two attached hydrogens (primary N) is 1. The van der Waals surface area contributed by atoms with Gasteiger partial charge in [0.2, 0.25) is 5.82 Å². The first-order valence-electron chi connectivity index (χ1n) is 5.23. The third kappa shape index (κ3) is 2.61. The van der Waals surface area contributed by atoms with E-state index in [1.54, 1.807) is 0 Å². The molecule has 0 aliphatic rings. The van der Waals surface area contributed by atoms with Crippen LogP contribution in [0.2, 0.25) is 0 Å². The van der Waals surface area contributed by atoms with Crippen LogP contribution >= 0.6 is 12.2 Å². The first-order valence-corrected chi connectivity index (χ1v) is 5.64. The van der Waals surface area contributed by atoms with Crippen LogP contribution < -0.4 is 11.1 Å². The van der Waals surface area contributed by atoms with Gasteiger partial charge in [0.25, 0.3) is 0 Å². The van der Waals surface area contributed by atoms with Crippen LogP contribution in [-0.4, -0.2) is 15.0 Å². The highest BCUT2D eigenvalue weighted by Gasteiger charge is 2.26. The average Bonchev–Trinajstić information content (AvgIpc) is 2.48. The van der Waals surface area contributed by atoms with Crippen molar-refractivity contribution in [1.82, 2.24) is 9.97 Å².